The number of nitrogens with zero attached hydrogens (tertiary/aromatic N) is 1. The molecule has 1 aromatic rings. The predicted molar refractivity (Wildman–Crippen MR) is 63.3 cm³/mol. The third-order valence-corrected chi connectivity index (χ3v) is 2.11. The van der Waals surface area contributed by atoms with Crippen molar-refractivity contribution in [2.45, 2.75) is 6.42 Å². The lowest BCUT2D eigenvalue weighted by Gasteiger charge is -2.10. The van der Waals surface area contributed by atoms with Crippen LogP contribution >= 0.6 is 0 Å². The van der Waals surface area contributed by atoms with Crippen molar-refractivity contribution in [3.63, 3.8) is 0 Å². The van der Waals surface area contributed by atoms with Gasteiger partial charge in [-0.05, 0) is 24.6 Å². The number of rotatable bonds is 6. The molecular weight excluding hydrogens is 218 g/mol. The van der Waals surface area contributed by atoms with Crippen LogP contribution in [0.4, 0.5) is 0 Å². The zero-order valence-corrected chi connectivity index (χ0v) is 9.48. The summed E-state index contributed by atoms with van der Waals surface area (Å²) in [6.45, 7) is 0.427. The zero-order chi connectivity index (χ0) is 12.5. The van der Waals surface area contributed by atoms with Gasteiger partial charge < -0.3 is 15.8 Å². The van der Waals surface area contributed by atoms with E-state index in [4.69, 9.17) is 15.7 Å². The number of carbonyl (C=O) groups excluding carboxylic acids is 1. The maximum Gasteiger partial charge on any atom is 0.258 e. The highest BCUT2D eigenvalue weighted by Gasteiger charge is 2.05. The smallest absolute Gasteiger partial charge is 0.258 e. The van der Waals surface area contributed by atoms with Gasteiger partial charge in [-0.15, -0.1) is 0 Å². The van der Waals surface area contributed by atoms with Crippen LogP contribution in [-0.4, -0.2) is 25.6 Å². The lowest BCUT2D eigenvalue weighted by Crippen LogP contribution is -2.29. The predicted octanol–water partition coefficient (Wildman–Crippen LogP) is 0.206. The monoisotopic (exact) mass is 233 g/mol. The molecule has 0 aliphatic carbocycles. The van der Waals surface area contributed by atoms with E-state index in [1.54, 1.807) is 6.07 Å². The number of nitriles is 1. The summed E-state index contributed by atoms with van der Waals surface area (Å²) in [5, 5.41) is 10.7. The molecule has 1 aromatic carbocycles. The summed E-state index contributed by atoms with van der Waals surface area (Å²) in [5.41, 5.74) is 6.46. The van der Waals surface area contributed by atoms with Crippen molar-refractivity contribution in [1.29, 1.82) is 5.26 Å². The molecule has 90 valence electrons. The third kappa shape index (κ3) is 4.53. The van der Waals surface area contributed by atoms with Crippen LogP contribution in [0.1, 0.15) is 5.56 Å². The second-order valence-corrected chi connectivity index (χ2v) is 3.37. The highest BCUT2D eigenvalue weighted by molar-refractivity contribution is 5.77. The number of amides is 1. The first-order chi connectivity index (χ1) is 8.27. The number of nitrogens with one attached hydrogen (secondary N) is 1. The Hall–Kier alpha value is -2.06. The first kappa shape index (κ1) is 13.0. The minimum absolute atomic E-state index is 0.00730. The van der Waals surface area contributed by atoms with Gasteiger partial charge in [0.05, 0.1) is 6.07 Å². The molecule has 0 bridgehead atoms. The zero-order valence-electron chi connectivity index (χ0n) is 9.48. The molecule has 0 unspecified atom stereocenters. The van der Waals surface area contributed by atoms with Gasteiger partial charge in [0.15, 0.2) is 6.61 Å². The van der Waals surface area contributed by atoms with Crippen LogP contribution in [0.25, 0.3) is 0 Å². The molecule has 0 aliphatic heterocycles. The number of ether oxygens (including phenoxy) is 1. The number of carbonyl (C=O) groups is 1. The largest absolute Gasteiger partial charge is 0.483 e. The van der Waals surface area contributed by atoms with Gasteiger partial charge in [0.1, 0.15) is 12.3 Å². The normalized spacial score (nSPS) is 9.41. The first-order valence-electron chi connectivity index (χ1n) is 5.32. The molecule has 0 heterocycles. The molecule has 5 heteroatoms. The summed E-state index contributed by atoms with van der Waals surface area (Å²) in [6, 6.07) is 9.26. The second kappa shape index (κ2) is 7.25. The van der Waals surface area contributed by atoms with E-state index in [9.17, 15) is 4.79 Å². The second-order valence-electron chi connectivity index (χ2n) is 3.37. The molecule has 1 rings (SSSR count). The average Bonchev–Trinajstić information content (AvgIpc) is 2.35. The molecule has 3 N–H and O–H groups in total. The Morgan fingerprint density at radius 2 is 2.24 bits per heavy atom. The number of hydrogen-bond donors (Lipinski definition) is 2. The van der Waals surface area contributed by atoms with E-state index in [-0.39, 0.29) is 19.1 Å². The van der Waals surface area contributed by atoms with Crippen molar-refractivity contribution in [3.8, 4) is 11.8 Å². The minimum atomic E-state index is -0.311. The van der Waals surface area contributed by atoms with Gasteiger partial charge in [0, 0.05) is 0 Å². The molecule has 0 saturated carbocycles. The highest BCUT2D eigenvalue weighted by atomic mass is 16.5. The Morgan fingerprint density at radius 3 is 2.94 bits per heavy atom. The summed E-state index contributed by atoms with van der Waals surface area (Å²) < 4.78 is 5.37. The quantitative estimate of drug-likeness (QED) is 0.687. The number of benzene rings is 1. The van der Waals surface area contributed by atoms with Gasteiger partial charge in [-0.1, -0.05) is 18.2 Å². The number of para-hydroxylation sites is 1. The lowest BCUT2D eigenvalue weighted by atomic mass is 10.1. The minimum Gasteiger partial charge on any atom is -0.483 e. The van der Waals surface area contributed by atoms with E-state index < -0.39 is 0 Å². The summed E-state index contributed by atoms with van der Waals surface area (Å²) in [5.74, 6) is 0.346. The van der Waals surface area contributed by atoms with Gasteiger partial charge in [-0.2, -0.15) is 5.26 Å². The van der Waals surface area contributed by atoms with Gasteiger partial charge in [-0.3, -0.25) is 4.79 Å². The number of nitrogens with two attached hydrogens (primary N) is 1. The van der Waals surface area contributed by atoms with Crippen molar-refractivity contribution in [3.05, 3.63) is 29.8 Å². The topological polar surface area (TPSA) is 88.1 Å². The van der Waals surface area contributed by atoms with Crippen molar-refractivity contribution < 1.29 is 9.53 Å². The van der Waals surface area contributed by atoms with E-state index in [1.165, 1.54) is 0 Å². The molecule has 1 amide bonds. The Morgan fingerprint density at radius 1 is 1.47 bits per heavy atom. The van der Waals surface area contributed by atoms with E-state index in [1.807, 2.05) is 24.3 Å². The molecule has 0 saturated heterocycles. The molecule has 0 aliphatic rings. The Balaban J connectivity index is 2.51. The van der Waals surface area contributed by atoms with Crippen molar-refractivity contribution in [2.24, 2.45) is 5.73 Å². The lowest BCUT2D eigenvalue weighted by molar-refractivity contribution is -0.122. The average molecular weight is 233 g/mol. The van der Waals surface area contributed by atoms with Gasteiger partial charge in [0.2, 0.25) is 0 Å². The summed E-state index contributed by atoms with van der Waals surface area (Å²) in [6.07, 6.45) is 0.704. The fourth-order valence-electron chi connectivity index (χ4n) is 1.34. The van der Waals surface area contributed by atoms with Crippen molar-refractivity contribution in [1.82, 2.24) is 5.32 Å². The highest BCUT2D eigenvalue weighted by Crippen LogP contribution is 2.17. The SMILES string of the molecule is N#CCNC(=O)COc1ccccc1CCN. The fourth-order valence-corrected chi connectivity index (χ4v) is 1.34. The van der Waals surface area contributed by atoms with E-state index >= 15 is 0 Å². The molecule has 17 heavy (non-hydrogen) atoms. The van der Waals surface area contributed by atoms with E-state index in [2.05, 4.69) is 5.32 Å². The molecule has 0 aromatic heterocycles. The van der Waals surface area contributed by atoms with Crippen LogP contribution in [0.5, 0.6) is 5.75 Å². The maximum atomic E-state index is 11.2. The van der Waals surface area contributed by atoms with Gasteiger partial charge >= 0.3 is 0 Å². The molecule has 0 atom stereocenters. The van der Waals surface area contributed by atoms with Crippen LogP contribution in [-0.2, 0) is 11.2 Å². The Labute approximate surface area is 100 Å². The van der Waals surface area contributed by atoms with Crippen LogP contribution in [0, 0.1) is 11.3 Å². The molecule has 0 fully saturated rings. The van der Waals surface area contributed by atoms with Crippen molar-refractivity contribution in [2.75, 3.05) is 19.7 Å². The van der Waals surface area contributed by atoms with E-state index in [0.717, 1.165) is 5.56 Å². The third-order valence-electron chi connectivity index (χ3n) is 2.11. The Kier molecular flexibility index (Phi) is 5.55. The van der Waals surface area contributed by atoms with Crippen LogP contribution in [0.3, 0.4) is 0 Å². The summed E-state index contributed by atoms with van der Waals surface area (Å²) >= 11 is 0. The van der Waals surface area contributed by atoms with Crippen LogP contribution < -0.4 is 15.8 Å². The van der Waals surface area contributed by atoms with Gasteiger partial charge in [0.25, 0.3) is 5.91 Å². The molecule has 0 radical (unpaired) electrons. The van der Waals surface area contributed by atoms with Crippen LogP contribution in [0.15, 0.2) is 24.3 Å². The summed E-state index contributed by atoms with van der Waals surface area (Å²) in [7, 11) is 0. The standard InChI is InChI=1S/C12H15N3O2/c13-6-5-10-3-1-2-4-11(10)17-9-12(16)15-8-7-14/h1-4H,5-6,8-9,13H2,(H,15,16). The van der Waals surface area contributed by atoms with Crippen LogP contribution in [0.2, 0.25) is 0 Å². The fraction of sp³-hybridized carbons (Fsp3) is 0.333. The molecule has 5 nitrogen and oxygen atoms in total. The van der Waals surface area contributed by atoms with E-state index in [0.29, 0.717) is 18.7 Å². The first-order valence-corrected chi connectivity index (χ1v) is 5.32. The summed E-state index contributed by atoms with van der Waals surface area (Å²) in [4.78, 5) is 11.2. The molecular formula is C12H15N3O2. The maximum absolute atomic E-state index is 11.2. The number of hydrogen-bond acceptors (Lipinski definition) is 4. The van der Waals surface area contributed by atoms with Gasteiger partial charge in [-0.25, -0.2) is 0 Å². The Bertz CT molecular complexity index is 412. The molecule has 0 spiro atoms. The van der Waals surface area contributed by atoms with Crippen molar-refractivity contribution >= 4 is 5.91 Å².